The largest absolute Gasteiger partial charge is 0.354 e. The molecule has 2 aromatic rings. The number of benzene rings is 1. The molecule has 1 aliphatic rings. The fourth-order valence-electron chi connectivity index (χ4n) is 3.41. The predicted molar refractivity (Wildman–Crippen MR) is 132 cm³/mol. The van der Waals surface area contributed by atoms with E-state index in [2.05, 4.69) is 81.6 Å². The van der Waals surface area contributed by atoms with Crippen LogP contribution in [0.5, 0.6) is 0 Å². The summed E-state index contributed by atoms with van der Waals surface area (Å²) in [5.74, 6) is 1.86. The number of halogens is 1. The molecule has 2 N–H and O–H groups in total. The lowest BCUT2D eigenvalue weighted by Gasteiger charge is -2.33. The number of rotatable bonds is 5. The van der Waals surface area contributed by atoms with Crippen molar-refractivity contribution < 1.29 is 0 Å². The molecule has 0 aliphatic carbocycles. The summed E-state index contributed by atoms with van der Waals surface area (Å²) in [5, 5.41) is 6.81. The number of likely N-dealkylation sites (N-methyl/N-ethyl adjacent to an activating group) is 1. The Balaban J connectivity index is 0.00000300. The van der Waals surface area contributed by atoms with Crippen molar-refractivity contribution in [1.29, 1.82) is 0 Å². The zero-order valence-electron chi connectivity index (χ0n) is 17.9. The first kappa shape index (κ1) is 23.4. The number of pyridine rings is 1. The summed E-state index contributed by atoms with van der Waals surface area (Å²) < 4.78 is 0. The molecule has 1 fully saturated rings. The molecular weight excluding hydrogens is 475 g/mol. The second-order valence-electron chi connectivity index (χ2n) is 7.52. The fourth-order valence-corrected chi connectivity index (χ4v) is 3.41. The van der Waals surface area contributed by atoms with E-state index in [0.29, 0.717) is 0 Å². The van der Waals surface area contributed by atoms with Crippen LogP contribution in [0.4, 0.5) is 5.82 Å². The summed E-state index contributed by atoms with van der Waals surface area (Å²) in [5.41, 5.74) is 5.08. The quantitative estimate of drug-likeness (QED) is 0.370. The average molecular weight is 508 g/mol. The van der Waals surface area contributed by atoms with E-state index < -0.39 is 0 Å². The summed E-state index contributed by atoms with van der Waals surface area (Å²) in [6.45, 7) is 9.97. The molecule has 0 amide bonds. The van der Waals surface area contributed by atoms with Gasteiger partial charge in [0.05, 0.1) is 0 Å². The molecule has 6 nitrogen and oxygen atoms in total. The number of aliphatic imine (C=N–C) groups is 1. The Kier molecular flexibility index (Phi) is 9.16. The van der Waals surface area contributed by atoms with Crippen LogP contribution < -0.4 is 15.5 Å². The van der Waals surface area contributed by atoms with E-state index in [0.717, 1.165) is 51.0 Å². The van der Waals surface area contributed by atoms with E-state index in [1.807, 2.05) is 6.20 Å². The van der Waals surface area contributed by atoms with Gasteiger partial charge in [0.1, 0.15) is 5.82 Å². The predicted octanol–water partition coefficient (Wildman–Crippen LogP) is 2.93. The number of aryl methyl sites for hydroxylation is 2. The van der Waals surface area contributed by atoms with Gasteiger partial charge in [0.15, 0.2) is 5.96 Å². The minimum atomic E-state index is 0. The molecule has 0 atom stereocenters. The van der Waals surface area contributed by atoms with Crippen molar-refractivity contribution in [2.75, 3.05) is 45.2 Å². The summed E-state index contributed by atoms with van der Waals surface area (Å²) in [4.78, 5) is 13.6. The van der Waals surface area contributed by atoms with Gasteiger partial charge in [-0.25, -0.2) is 4.98 Å². The highest BCUT2D eigenvalue weighted by Gasteiger charge is 2.15. The van der Waals surface area contributed by atoms with E-state index >= 15 is 0 Å². The fraction of sp³-hybridized carbons (Fsp3) is 0.455. The number of hydrogen-bond donors (Lipinski definition) is 2. The van der Waals surface area contributed by atoms with Crippen molar-refractivity contribution in [3.63, 3.8) is 0 Å². The highest BCUT2D eigenvalue weighted by molar-refractivity contribution is 14.0. The maximum absolute atomic E-state index is 4.56. The van der Waals surface area contributed by atoms with Crippen molar-refractivity contribution in [2.24, 2.45) is 4.99 Å². The molecule has 158 valence electrons. The van der Waals surface area contributed by atoms with E-state index in [4.69, 9.17) is 0 Å². The lowest BCUT2D eigenvalue weighted by molar-refractivity contribution is 0.312. The number of nitrogens with one attached hydrogen (secondary N) is 2. The first-order chi connectivity index (χ1) is 13.5. The van der Waals surface area contributed by atoms with Crippen LogP contribution in [-0.4, -0.2) is 56.1 Å². The van der Waals surface area contributed by atoms with Gasteiger partial charge in [-0.05, 0) is 49.7 Å². The van der Waals surface area contributed by atoms with Gasteiger partial charge in [-0.1, -0.05) is 23.8 Å². The van der Waals surface area contributed by atoms with Crippen molar-refractivity contribution in [3.8, 4) is 0 Å². The third-order valence-electron chi connectivity index (χ3n) is 5.27. The van der Waals surface area contributed by atoms with Crippen LogP contribution in [0.15, 0.2) is 41.5 Å². The zero-order chi connectivity index (χ0) is 19.9. The summed E-state index contributed by atoms with van der Waals surface area (Å²) >= 11 is 0. The van der Waals surface area contributed by atoms with E-state index in [9.17, 15) is 0 Å². The molecule has 1 aromatic heterocycles. The van der Waals surface area contributed by atoms with Gasteiger partial charge in [-0.15, -0.1) is 24.0 Å². The molecule has 0 spiro atoms. The molecule has 1 aliphatic heterocycles. The van der Waals surface area contributed by atoms with Crippen LogP contribution in [0.2, 0.25) is 0 Å². The van der Waals surface area contributed by atoms with Gasteiger partial charge in [0.2, 0.25) is 0 Å². The van der Waals surface area contributed by atoms with Crippen LogP contribution in [0.25, 0.3) is 0 Å². The molecule has 2 heterocycles. The summed E-state index contributed by atoms with van der Waals surface area (Å²) in [7, 11) is 3.97. The van der Waals surface area contributed by atoms with Gasteiger partial charge in [-0.3, -0.25) is 4.99 Å². The number of nitrogens with zero attached hydrogens (tertiary/aromatic N) is 4. The smallest absolute Gasteiger partial charge is 0.191 e. The minimum absolute atomic E-state index is 0. The van der Waals surface area contributed by atoms with Gasteiger partial charge in [0.25, 0.3) is 0 Å². The van der Waals surface area contributed by atoms with Crippen molar-refractivity contribution >= 4 is 35.8 Å². The Bertz CT molecular complexity index is 815. The molecule has 0 bridgehead atoms. The maximum Gasteiger partial charge on any atom is 0.191 e. The number of anilines is 1. The van der Waals surface area contributed by atoms with E-state index in [-0.39, 0.29) is 24.0 Å². The zero-order valence-corrected chi connectivity index (χ0v) is 20.2. The Hall–Kier alpha value is -1.87. The average Bonchev–Trinajstić information content (AvgIpc) is 2.70. The van der Waals surface area contributed by atoms with E-state index in [1.165, 1.54) is 22.3 Å². The molecule has 29 heavy (non-hydrogen) atoms. The standard InChI is InChI=1S/C22H32N6.HI/c1-17-5-6-20(18(2)13-17)16-26-22(23-3)25-15-19-7-8-24-21(14-19)28-11-9-27(4)10-12-28;/h5-8,13-14H,9-12,15-16H2,1-4H3,(H2,23,25,26);1H. The third kappa shape index (κ3) is 6.85. The van der Waals surface area contributed by atoms with Gasteiger partial charge >= 0.3 is 0 Å². The topological polar surface area (TPSA) is 55.8 Å². The molecule has 0 radical (unpaired) electrons. The lowest BCUT2D eigenvalue weighted by Crippen LogP contribution is -2.44. The Morgan fingerprint density at radius 1 is 1.03 bits per heavy atom. The molecule has 3 rings (SSSR count). The monoisotopic (exact) mass is 508 g/mol. The van der Waals surface area contributed by atoms with Gasteiger partial charge in [0, 0.05) is 52.5 Å². The van der Waals surface area contributed by atoms with Crippen LogP contribution in [-0.2, 0) is 13.1 Å². The highest BCUT2D eigenvalue weighted by Crippen LogP contribution is 2.15. The third-order valence-corrected chi connectivity index (χ3v) is 5.27. The Morgan fingerprint density at radius 3 is 2.45 bits per heavy atom. The van der Waals surface area contributed by atoms with Crippen LogP contribution in [0.1, 0.15) is 22.3 Å². The van der Waals surface area contributed by atoms with Crippen molar-refractivity contribution in [1.82, 2.24) is 20.5 Å². The number of guanidine groups is 1. The molecule has 1 saturated heterocycles. The molecule has 1 aromatic carbocycles. The maximum atomic E-state index is 4.56. The summed E-state index contributed by atoms with van der Waals surface area (Å²) in [6, 6.07) is 10.8. The number of hydrogen-bond acceptors (Lipinski definition) is 4. The van der Waals surface area contributed by atoms with E-state index in [1.54, 1.807) is 7.05 Å². The number of aromatic nitrogens is 1. The molecular formula is C22H33IN6. The van der Waals surface area contributed by atoms with Gasteiger partial charge < -0.3 is 20.4 Å². The van der Waals surface area contributed by atoms with Crippen molar-refractivity contribution in [3.05, 3.63) is 58.8 Å². The molecule has 0 unspecified atom stereocenters. The first-order valence-corrected chi connectivity index (χ1v) is 9.94. The van der Waals surface area contributed by atoms with Crippen LogP contribution in [0, 0.1) is 13.8 Å². The SMILES string of the molecule is CN=C(NCc1ccnc(N2CCN(C)CC2)c1)NCc1ccc(C)cc1C.I. The summed E-state index contributed by atoms with van der Waals surface area (Å²) in [6.07, 6.45) is 1.90. The molecule has 0 saturated carbocycles. The molecule has 7 heteroatoms. The van der Waals surface area contributed by atoms with Crippen LogP contribution >= 0.6 is 24.0 Å². The van der Waals surface area contributed by atoms with Crippen LogP contribution in [0.3, 0.4) is 0 Å². The van der Waals surface area contributed by atoms with Crippen molar-refractivity contribution in [2.45, 2.75) is 26.9 Å². The highest BCUT2D eigenvalue weighted by atomic mass is 127. The Morgan fingerprint density at radius 2 is 1.76 bits per heavy atom. The normalized spacial score (nSPS) is 15.0. The second-order valence-corrected chi connectivity index (χ2v) is 7.52. The Labute approximate surface area is 191 Å². The first-order valence-electron chi connectivity index (χ1n) is 9.94. The van der Waals surface area contributed by atoms with Gasteiger partial charge in [-0.2, -0.15) is 0 Å². The minimum Gasteiger partial charge on any atom is -0.354 e. The second kappa shape index (κ2) is 11.3. The lowest BCUT2D eigenvalue weighted by atomic mass is 10.1. The number of piperazine rings is 1.